The minimum Gasteiger partial charge on any atom is -0.283 e. The summed E-state index contributed by atoms with van der Waals surface area (Å²) < 4.78 is 6.08. The fourth-order valence-corrected chi connectivity index (χ4v) is 90.0. The van der Waals surface area contributed by atoms with Gasteiger partial charge in [0, 0.05) is 33.8 Å². The summed E-state index contributed by atoms with van der Waals surface area (Å²) in [6.45, 7) is 33.7. The van der Waals surface area contributed by atoms with Crippen LogP contribution < -0.4 is 0 Å². The topological polar surface area (TPSA) is 12.4 Å². The van der Waals surface area contributed by atoms with Gasteiger partial charge < -0.3 is 0 Å². The summed E-state index contributed by atoms with van der Waals surface area (Å²) in [6.07, 6.45) is 18.4. The molecular weight excluding hydrogens is 537 g/mol. The summed E-state index contributed by atoms with van der Waals surface area (Å²) in [5.41, 5.74) is 2.57. The van der Waals surface area contributed by atoms with Crippen LogP contribution in [0.1, 0.15) is 86.5 Å². The van der Waals surface area contributed by atoms with Gasteiger partial charge in [-0.2, -0.15) is 0 Å². The van der Waals surface area contributed by atoms with E-state index < -0.39 is 28.9 Å². The maximum absolute atomic E-state index is 6.08. The third-order valence-corrected chi connectivity index (χ3v) is 70.1. The molecule has 0 aromatic carbocycles. The summed E-state index contributed by atoms with van der Waals surface area (Å²) in [5, 5.41) is 0. The predicted molar refractivity (Wildman–Crippen MR) is 177 cm³/mol. The first-order valence-electron chi connectivity index (χ1n) is 14.5. The van der Waals surface area contributed by atoms with Crippen molar-refractivity contribution in [2.75, 3.05) is 0 Å². The van der Waals surface area contributed by atoms with Gasteiger partial charge in [0.05, 0.1) is 23.2 Å². The van der Waals surface area contributed by atoms with E-state index in [1.165, 1.54) is 67.9 Å². The van der Waals surface area contributed by atoms with E-state index in [2.05, 4.69) is 97.9 Å². The van der Waals surface area contributed by atoms with E-state index in [0.29, 0.717) is 0 Å². The molecule has 1 aliphatic rings. The van der Waals surface area contributed by atoms with Crippen LogP contribution in [0.3, 0.4) is 0 Å². The van der Waals surface area contributed by atoms with Crippen molar-refractivity contribution in [2.24, 2.45) is 4.74 Å². The molecule has 0 bridgehead atoms. The Balaban J connectivity index is 0. The first kappa shape index (κ1) is 38.7. The number of unbranched alkanes of at least 4 members (excludes halogenated alkanes) is 3. The van der Waals surface area contributed by atoms with Crippen LogP contribution in [0, 0.1) is 0 Å². The molecule has 36 heavy (non-hydrogen) atoms. The van der Waals surface area contributed by atoms with Crippen molar-refractivity contribution in [1.29, 1.82) is 0 Å². The zero-order chi connectivity index (χ0) is 27.3. The van der Waals surface area contributed by atoms with E-state index in [9.17, 15) is 0 Å². The van der Waals surface area contributed by atoms with Crippen LogP contribution in [0.5, 0.6) is 0 Å². The van der Waals surface area contributed by atoms with E-state index in [1.54, 1.807) is 0 Å². The standard InChI is InChI=1S/C23H50NPSi3.C7H12.Ti/c1-10-13-20-26(4,5)25(24-23-18-16-17-19-23,27(6,7)21-14-11-2)28(8,9)22-15-12-3;1-5-7(4)6(2)3;/h16-18H,10-15,19-22H2,1-9H3;5H,2H2,1,3-4H3;. The molecule has 0 aromatic rings. The van der Waals surface area contributed by atoms with Crippen LogP contribution in [-0.2, 0) is 21.7 Å². The van der Waals surface area contributed by atoms with Crippen molar-refractivity contribution >= 4 is 28.9 Å². The molecule has 0 spiro atoms. The van der Waals surface area contributed by atoms with Crippen LogP contribution in [0.25, 0.3) is 0 Å². The van der Waals surface area contributed by atoms with Crippen molar-refractivity contribution in [3.05, 3.63) is 47.7 Å². The smallest absolute Gasteiger partial charge is 0.0873 e. The number of allylic oxidation sites excluding steroid dienone is 6. The van der Waals surface area contributed by atoms with E-state index in [-0.39, 0.29) is 21.7 Å². The van der Waals surface area contributed by atoms with Gasteiger partial charge in [-0.15, -0.1) is 0 Å². The number of hydrogen-bond acceptors (Lipinski definition) is 1. The van der Waals surface area contributed by atoms with Crippen molar-refractivity contribution < 1.29 is 21.7 Å². The number of rotatable bonds is 14. The van der Waals surface area contributed by atoms with Gasteiger partial charge in [-0.3, -0.25) is 4.74 Å². The molecule has 6 heteroatoms. The first-order valence-corrected chi connectivity index (χ1v) is 28.4. The van der Waals surface area contributed by atoms with Gasteiger partial charge in [-0.25, -0.2) is 0 Å². The summed E-state index contributed by atoms with van der Waals surface area (Å²) in [7, 11) is -4.33. The van der Waals surface area contributed by atoms with Crippen molar-refractivity contribution in [3.8, 4) is 0 Å². The molecule has 1 nitrogen and oxygen atoms in total. The average molecular weight is 600 g/mol. The van der Waals surface area contributed by atoms with Gasteiger partial charge in [0.25, 0.3) is 0 Å². The molecular formula is C30H62NPSi3Ti. The van der Waals surface area contributed by atoms with Gasteiger partial charge in [0.2, 0.25) is 0 Å². The van der Waals surface area contributed by atoms with Crippen LogP contribution in [0.4, 0.5) is 0 Å². The third-order valence-electron chi connectivity index (χ3n) is 8.19. The summed E-state index contributed by atoms with van der Waals surface area (Å²) in [6, 6.07) is 4.52. The minimum absolute atomic E-state index is 0. The molecule has 0 aromatic heterocycles. The molecule has 208 valence electrons. The Morgan fingerprint density at radius 3 is 1.47 bits per heavy atom. The Kier molecular flexibility index (Phi) is 19.4. The Hall–Kier alpha value is 0.555. The SMILES string of the molecule is C=C(C)C(C)=CC.CCCC[Si](C)(C)P(=NC1=CC=CC1)([Si](C)(C)CCCC)[Si](C)(C)CCCC.[Ti]. The molecule has 0 amide bonds. The molecule has 0 saturated heterocycles. The van der Waals surface area contributed by atoms with Gasteiger partial charge in [0.15, 0.2) is 0 Å². The van der Waals surface area contributed by atoms with Gasteiger partial charge in [-0.1, -0.05) is 158 Å². The predicted octanol–water partition coefficient (Wildman–Crippen LogP) is 12.6. The molecule has 0 radical (unpaired) electrons. The second-order valence-electron chi connectivity index (χ2n) is 12.5. The van der Waals surface area contributed by atoms with Crippen LogP contribution in [-0.4, -0.2) is 23.2 Å². The Labute approximate surface area is 245 Å². The van der Waals surface area contributed by atoms with E-state index in [4.69, 9.17) is 4.74 Å². The molecule has 0 atom stereocenters. The second kappa shape index (κ2) is 18.0. The first-order chi connectivity index (χ1) is 16.2. The normalized spacial score (nSPS) is 14.6. The third kappa shape index (κ3) is 10.6. The maximum Gasteiger partial charge on any atom is 0.0873 e. The zero-order valence-electron chi connectivity index (χ0n) is 26.5. The Morgan fingerprint density at radius 1 is 0.861 bits per heavy atom. The van der Waals surface area contributed by atoms with E-state index >= 15 is 0 Å². The monoisotopic (exact) mass is 599 g/mol. The summed E-state index contributed by atoms with van der Waals surface area (Å²) in [4.78, 5) is 0. The van der Waals surface area contributed by atoms with Crippen LogP contribution in [0.15, 0.2) is 52.5 Å². The quantitative estimate of drug-likeness (QED) is 0.107. The molecule has 0 fully saturated rings. The van der Waals surface area contributed by atoms with Crippen molar-refractivity contribution in [2.45, 2.75) is 144 Å². The zero-order valence-corrected chi connectivity index (χ0v) is 31.9. The Morgan fingerprint density at radius 2 is 1.25 bits per heavy atom. The molecule has 1 rings (SSSR count). The number of hydrogen-bond donors (Lipinski definition) is 0. The molecule has 0 unspecified atom stereocenters. The molecule has 0 aliphatic heterocycles. The Bertz CT molecular complexity index is 750. The van der Waals surface area contributed by atoms with Crippen LogP contribution in [0.2, 0.25) is 57.4 Å². The van der Waals surface area contributed by atoms with Gasteiger partial charge in [-0.05, 0) is 26.8 Å². The number of nitrogens with zero attached hydrogens (tertiary/aromatic N) is 1. The largest absolute Gasteiger partial charge is 0.283 e. The molecule has 0 heterocycles. The molecule has 0 N–H and O–H groups in total. The van der Waals surface area contributed by atoms with Crippen molar-refractivity contribution in [1.82, 2.24) is 0 Å². The van der Waals surface area contributed by atoms with Gasteiger partial charge in [0.1, 0.15) is 0 Å². The fourth-order valence-electron chi connectivity index (χ4n) is 6.13. The maximum atomic E-state index is 6.08. The average Bonchev–Trinajstić information content (AvgIpc) is 3.31. The van der Waals surface area contributed by atoms with Gasteiger partial charge >= 0.3 is 0 Å². The van der Waals surface area contributed by atoms with E-state index in [0.717, 1.165) is 12.0 Å². The molecule has 1 aliphatic carbocycles. The fraction of sp³-hybridized carbons (Fsp3) is 0.733. The summed E-state index contributed by atoms with van der Waals surface area (Å²) >= 11 is 0. The molecule has 0 saturated carbocycles. The van der Waals surface area contributed by atoms with Crippen molar-refractivity contribution in [3.63, 3.8) is 0 Å². The van der Waals surface area contributed by atoms with Crippen LogP contribution >= 0.6 is 5.70 Å². The van der Waals surface area contributed by atoms with E-state index in [1.807, 2.05) is 13.8 Å². The second-order valence-corrected chi connectivity index (χ2v) is 47.1. The minimum atomic E-state index is -1.44. The summed E-state index contributed by atoms with van der Waals surface area (Å²) in [5.74, 6) is 0.